The van der Waals surface area contributed by atoms with E-state index in [4.69, 9.17) is 0 Å². The molecule has 4 heteroatoms. The van der Waals surface area contributed by atoms with Crippen LogP contribution in [0.4, 0.5) is 0 Å². The Bertz CT molecular complexity index is 8.00. The Morgan fingerprint density at radius 1 is 1.00 bits per heavy atom. The van der Waals surface area contributed by atoms with Gasteiger partial charge < -0.3 is 0 Å². The molecule has 0 amide bonds. The van der Waals surface area contributed by atoms with Gasteiger partial charge in [-0.1, -0.05) is 0 Å². The van der Waals surface area contributed by atoms with Gasteiger partial charge in [0.25, 0.3) is 0 Å². The molecule has 25 valence electrons. The number of hydrogen-bond donors (Lipinski definition) is 0. The van der Waals surface area contributed by atoms with Crippen molar-refractivity contribution in [1.82, 2.24) is 0 Å². The zero-order valence-electron chi connectivity index (χ0n) is 1.67. The molecule has 1 radical (unpaired) electrons. The summed E-state index contributed by atoms with van der Waals surface area (Å²) in [5.74, 6) is 0. The summed E-state index contributed by atoms with van der Waals surface area (Å²) in [7, 11) is 0. The van der Waals surface area contributed by atoms with Crippen molar-refractivity contribution in [1.29, 1.82) is 0 Å². The van der Waals surface area contributed by atoms with Gasteiger partial charge in [0.2, 0.25) is 0 Å². The van der Waals surface area contributed by atoms with Gasteiger partial charge in [-0.2, -0.15) is 0 Å². The van der Waals surface area contributed by atoms with Crippen molar-refractivity contribution in [3.8, 4) is 0 Å². The summed E-state index contributed by atoms with van der Waals surface area (Å²) < 4.78 is 0. The molecule has 0 bridgehead atoms. The van der Waals surface area contributed by atoms with Crippen LogP contribution in [0.3, 0.4) is 0 Å². The predicted octanol–water partition coefficient (Wildman–Crippen LogP) is -0.0100. The molecule has 0 fully saturated rings. The van der Waals surface area contributed by atoms with Crippen molar-refractivity contribution in [2.45, 2.75) is 0 Å². The molecule has 0 unspecified atom stereocenters. The van der Waals surface area contributed by atoms with Crippen molar-refractivity contribution in [3.05, 3.63) is 0 Å². The van der Waals surface area contributed by atoms with Crippen LogP contribution in [0.5, 0.6) is 0 Å². The molecule has 0 aliphatic rings. The van der Waals surface area contributed by atoms with E-state index in [0.29, 0.717) is 0 Å². The molecule has 0 spiro atoms. The van der Waals surface area contributed by atoms with Crippen LogP contribution in [0.2, 0.25) is 0 Å². The van der Waals surface area contributed by atoms with Crippen LogP contribution in [0, 0.1) is 0 Å². The molecule has 0 aromatic rings. The van der Waals surface area contributed by atoms with E-state index in [9.17, 15) is 0 Å². The second-order valence-electron chi connectivity index (χ2n) is 0. The van der Waals surface area contributed by atoms with E-state index in [1.54, 1.807) is 0 Å². The molecule has 0 heterocycles. The van der Waals surface area contributed by atoms with E-state index < -0.39 is 0 Å². The largest absolute Gasteiger partial charge is 0 e. The Morgan fingerprint density at radius 3 is 1.00 bits per heavy atom. The normalized spacial score (nSPS) is 0. The first-order chi connectivity index (χ1) is 0. The third kappa shape index (κ3) is 8.85. The van der Waals surface area contributed by atoms with E-state index in [2.05, 4.69) is 0 Å². The van der Waals surface area contributed by atoms with E-state index in [1.165, 1.54) is 0 Å². The van der Waals surface area contributed by atoms with Crippen LogP contribution in [0.1, 0.15) is 0 Å². The predicted molar refractivity (Wildman–Crippen MR) is 0 cm³/mol. The average Bonchev–Trinajstić information content (AvgIpc) is 0. The Kier molecular flexibility index (Phi) is 153. The monoisotopic (exact) mass is 209 g/mol. The molecular weight excluding hydrogens is 210 g/mol. The second kappa shape index (κ2) is 18.4. The van der Waals surface area contributed by atoms with Crippen molar-refractivity contribution in [2.24, 2.45) is 0 Å². The molecule has 4 heavy (non-hydrogen) atoms. The second-order valence-corrected chi connectivity index (χ2v) is 0. The van der Waals surface area contributed by atoms with Crippen molar-refractivity contribution in [2.75, 3.05) is 0 Å². The van der Waals surface area contributed by atoms with Gasteiger partial charge >= 0.3 is 0 Å². The third-order valence-corrected chi connectivity index (χ3v) is 0. The Balaban J connectivity index is 0. The van der Waals surface area contributed by atoms with Crippen LogP contribution in [0.15, 0.2) is 0 Å². The molecule has 0 saturated heterocycles. The maximum Gasteiger partial charge on any atom is 0 e. The summed E-state index contributed by atoms with van der Waals surface area (Å²) in [4.78, 5) is 0. The summed E-state index contributed by atoms with van der Waals surface area (Å²) in [6, 6.07) is 0. The molecule has 0 aromatic carbocycles. The Hall–Kier alpha value is 2.32. The third-order valence-electron chi connectivity index (χ3n) is 0. The van der Waals surface area contributed by atoms with Crippen LogP contribution < -0.4 is 0 Å². The van der Waals surface area contributed by atoms with E-state index in [1.807, 2.05) is 0 Å². The van der Waals surface area contributed by atoms with Gasteiger partial charge in [-0.3, -0.25) is 0 Å². The molecule has 0 atom stereocenters. The molecule has 0 nitrogen and oxygen atoms in total. The molecule has 0 aromatic heterocycles. The molecule has 0 aliphatic carbocycles. The number of rotatable bonds is 0. The Morgan fingerprint density at radius 2 is 1.00 bits per heavy atom. The van der Waals surface area contributed by atoms with E-state index in [0.717, 1.165) is 0 Å². The summed E-state index contributed by atoms with van der Waals surface area (Å²) in [6.07, 6.45) is 0. The summed E-state index contributed by atoms with van der Waals surface area (Å²) >= 11 is 0. The quantitative estimate of drug-likeness (QED) is 0.493. The molecule has 0 saturated carbocycles. The van der Waals surface area contributed by atoms with Gasteiger partial charge in [0.05, 0.1) is 0 Å². The summed E-state index contributed by atoms with van der Waals surface area (Å²) in [6.45, 7) is 0. The smallest absolute Gasteiger partial charge is 0 e. The Labute approximate surface area is 73.3 Å². The van der Waals surface area contributed by atoms with Crippen LogP contribution in [-0.2, 0) is 74.1 Å². The average molecular weight is 210 g/mol. The molecule has 0 aliphatic heterocycles. The van der Waals surface area contributed by atoms with E-state index >= 15 is 0 Å². The first-order valence-electron chi connectivity index (χ1n) is 0. The minimum Gasteiger partial charge on any atom is 0 e. The van der Waals surface area contributed by atoms with Crippen molar-refractivity contribution < 1.29 is 74.1 Å². The first kappa shape index (κ1) is 33.2. The van der Waals surface area contributed by atoms with Gasteiger partial charge in [0.15, 0.2) is 0 Å². The minimum atomic E-state index is 0. The standard InChI is InChI=1S/Cr.Ni.Ti.V. The van der Waals surface area contributed by atoms with Crippen LogP contribution in [-0.4, -0.2) is 0 Å². The molecule has 0 rings (SSSR count). The maximum absolute atomic E-state index is 0. The van der Waals surface area contributed by atoms with Gasteiger partial charge in [-0.15, -0.1) is 0 Å². The van der Waals surface area contributed by atoms with Gasteiger partial charge in [0.1, 0.15) is 0 Å². The zero-order chi connectivity index (χ0) is 0. The molecular formula is CrNiTiV. The van der Waals surface area contributed by atoms with Crippen LogP contribution >= 0.6 is 0 Å². The van der Waals surface area contributed by atoms with Gasteiger partial charge in [0, 0.05) is 74.1 Å². The van der Waals surface area contributed by atoms with Gasteiger partial charge in [-0.05, 0) is 0 Å². The van der Waals surface area contributed by atoms with Gasteiger partial charge in [-0.25, -0.2) is 0 Å². The zero-order valence-corrected chi connectivity index (χ0v) is 6.89. The summed E-state index contributed by atoms with van der Waals surface area (Å²) in [5.41, 5.74) is 0. The topological polar surface area (TPSA) is 0 Å². The van der Waals surface area contributed by atoms with Crippen molar-refractivity contribution >= 4 is 0 Å². The van der Waals surface area contributed by atoms with Crippen molar-refractivity contribution in [3.63, 3.8) is 0 Å². The fourth-order valence-electron chi connectivity index (χ4n) is 0. The first-order valence-corrected chi connectivity index (χ1v) is 0. The molecule has 0 N–H and O–H groups in total. The summed E-state index contributed by atoms with van der Waals surface area (Å²) in [5, 5.41) is 0. The SMILES string of the molecule is [Cr].[Ni].[Ti].[V]. The number of hydrogen-bond acceptors (Lipinski definition) is 0. The minimum absolute atomic E-state index is 0. The fraction of sp³-hybridized carbons (Fsp3) is 0. The van der Waals surface area contributed by atoms with E-state index in [-0.39, 0.29) is 74.1 Å². The van der Waals surface area contributed by atoms with Crippen LogP contribution in [0.25, 0.3) is 0 Å². The fourth-order valence-corrected chi connectivity index (χ4v) is 0. The maximum atomic E-state index is 0.